The van der Waals surface area contributed by atoms with Crippen LogP contribution < -0.4 is 10.6 Å². The average Bonchev–Trinajstić information content (AvgIpc) is 3.32. The number of carboxylic acids is 2. The highest BCUT2D eigenvalue weighted by Gasteiger charge is 2.30. The van der Waals surface area contributed by atoms with Gasteiger partial charge in [0.15, 0.2) is 0 Å². The first kappa shape index (κ1) is 31.8. The van der Waals surface area contributed by atoms with E-state index in [0.717, 1.165) is 41.8 Å². The number of carbonyl (C=O) groups excluding carboxylic acids is 3. The molecule has 0 radical (unpaired) electrons. The topological polar surface area (TPSA) is 159 Å². The zero-order chi connectivity index (χ0) is 31.3. The molecule has 0 saturated heterocycles. The summed E-state index contributed by atoms with van der Waals surface area (Å²) in [4.78, 5) is 63.9. The molecule has 2 unspecified atom stereocenters. The number of carbonyl (C=O) groups is 5. The molecule has 0 bridgehead atoms. The Bertz CT molecular complexity index is 1580. The van der Waals surface area contributed by atoms with Gasteiger partial charge < -0.3 is 25.6 Å². The number of nitrogens with one attached hydrogen (secondary N) is 2. The summed E-state index contributed by atoms with van der Waals surface area (Å²) in [6.45, 7) is 6.03. The first-order valence-electron chi connectivity index (χ1n) is 13.8. The number of hydrogen-bond donors (Lipinski definition) is 4. The second kappa shape index (κ2) is 13.9. The number of thioether (sulfide) groups is 1. The normalized spacial score (nSPS) is 14.7. The van der Waals surface area contributed by atoms with Crippen molar-refractivity contribution in [2.45, 2.75) is 56.6 Å². The van der Waals surface area contributed by atoms with Crippen LogP contribution in [0, 0.1) is 5.92 Å². The third kappa shape index (κ3) is 7.44. The molecule has 2 atom stereocenters. The highest BCUT2D eigenvalue weighted by Crippen LogP contribution is 2.40. The van der Waals surface area contributed by atoms with Crippen molar-refractivity contribution in [1.82, 2.24) is 0 Å². The van der Waals surface area contributed by atoms with Crippen molar-refractivity contribution in [3.8, 4) is 0 Å². The second-order valence-corrected chi connectivity index (χ2v) is 12.5. The molecule has 1 aliphatic rings. The van der Waals surface area contributed by atoms with Crippen molar-refractivity contribution < 1.29 is 38.9 Å². The van der Waals surface area contributed by atoms with Gasteiger partial charge >= 0.3 is 17.9 Å². The van der Waals surface area contributed by atoms with Gasteiger partial charge in [-0.15, -0.1) is 23.1 Å². The minimum Gasteiger partial charge on any atom is -0.478 e. The molecule has 4 rings (SSSR count). The standard InChI is InChI=1S/C31H32N2O8S2/c1-4-23(27(35)33-28-25(31(40)41-5-2)21-11-9-16(3)13-24(21)43-28)42-19-8-6-7-18(15-19)32-26(34)20-12-10-17(29(36)37)14-22(20)30(38)39/h6-8,10,12,14-16,23H,4-5,9,11,13H2,1-3H3,(H,32,34)(H,33,35)(H,36,37)(H,38,39). The number of anilines is 2. The zero-order valence-electron chi connectivity index (χ0n) is 23.9. The van der Waals surface area contributed by atoms with Gasteiger partial charge in [0.25, 0.3) is 5.91 Å². The largest absolute Gasteiger partial charge is 0.478 e. The van der Waals surface area contributed by atoms with E-state index in [2.05, 4.69) is 17.6 Å². The van der Waals surface area contributed by atoms with Crippen LogP contribution in [0.5, 0.6) is 0 Å². The Hall–Kier alpha value is -4.16. The van der Waals surface area contributed by atoms with Crippen LogP contribution in [-0.2, 0) is 22.4 Å². The van der Waals surface area contributed by atoms with Crippen LogP contribution >= 0.6 is 23.1 Å². The number of fused-ring (bicyclic) bond motifs is 1. The molecule has 12 heteroatoms. The average molecular weight is 625 g/mol. The predicted molar refractivity (Wildman–Crippen MR) is 165 cm³/mol. The third-order valence-corrected chi connectivity index (χ3v) is 9.53. The van der Waals surface area contributed by atoms with Crippen molar-refractivity contribution in [3.05, 3.63) is 75.2 Å². The molecular weight excluding hydrogens is 592 g/mol. The van der Waals surface area contributed by atoms with Crippen LogP contribution in [0.4, 0.5) is 10.7 Å². The number of carboxylic acid groups (broad SMARTS) is 2. The SMILES string of the molecule is CCOC(=O)c1c(NC(=O)C(CC)Sc2cccc(NC(=O)c3ccc(C(=O)O)cc3C(=O)O)c2)sc2c1CCC(C)C2. The predicted octanol–water partition coefficient (Wildman–Crippen LogP) is 6.21. The number of benzene rings is 2. The molecule has 10 nitrogen and oxygen atoms in total. The zero-order valence-corrected chi connectivity index (χ0v) is 25.5. The smallest absolute Gasteiger partial charge is 0.341 e. The van der Waals surface area contributed by atoms with Gasteiger partial charge in [0, 0.05) is 15.5 Å². The van der Waals surface area contributed by atoms with E-state index in [-0.39, 0.29) is 23.6 Å². The number of hydrogen-bond acceptors (Lipinski definition) is 8. The van der Waals surface area contributed by atoms with Gasteiger partial charge in [-0.2, -0.15) is 0 Å². The first-order valence-corrected chi connectivity index (χ1v) is 15.5. The number of thiophene rings is 1. The molecule has 4 N–H and O–H groups in total. The van der Waals surface area contributed by atoms with E-state index in [1.165, 1.54) is 29.2 Å². The summed E-state index contributed by atoms with van der Waals surface area (Å²) in [5.74, 6) is -3.65. The highest BCUT2D eigenvalue weighted by molar-refractivity contribution is 8.00. The lowest BCUT2D eigenvalue weighted by Gasteiger charge is -2.18. The Morgan fingerprint density at radius 1 is 1.02 bits per heavy atom. The summed E-state index contributed by atoms with van der Waals surface area (Å²) in [5.41, 5.74) is 0.911. The molecule has 2 amide bonds. The highest BCUT2D eigenvalue weighted by atomic mass is 32.2. The van der Waals surface area contributed by atoms with E-state index in [4.69, 9.17) is 9.84 Å². The Morgan fingerprint density at radius 2 is 1.79 bits per heavy atom. The number of esters is 1. The molecule has 1 aliphatic carbocycles. The monoisotopic (exact) mass is 624 g/mol. The van der Waals surface area contributed by atoms with Crippen LogP contribution in [0.25, 0.3) is 0 Å². The molecule has 226 valence electrons. The van der Waals surface area contributed by atoms with E-state index in [1.54, 1.807) is 31.2 Å². The van der Waals surface area contributed by atoms with Gasteiger partial charge in [0.1, 0.15) is 5.00 Å². The van der Waals surface area contributed by atoms with E-state index in [1.807, 2.05) is 6.92 Å². The summed E-state index contributed by atoms with van der Waals surface area (Å²) in [6, 6.07) is 10.0. The van der Waals surface area contributed by atoms with Gasteiger partial charge in [-0.3, -0.25) is 9.59 Å². The number of ether oxygens (including phenoxy) is 1. The lowest BCUT2D eigenvalue weighted by atomic mass is 9.88. The summed E-state index contributed by atoms with van der Waals surface area (Å²) in [5, 5.41) is 24.3. The van der Waals surface area contributed by atoms with Gasteiger partial charge in [0.05, 0.1) is 34.1 Å². The minimum absolute atomic E-state index is 0.188. The summed E-state index contributed by atoms with van der Waals surface area (Å²) in [7, 11) is 0. The van der Waals surface area contributed by atoms with Crippen molar-refractivity contribution >= 4 is 63.5 Å². The first-order chi connectivity index (χ1) is 20.5. The maximum atomic E-state index is 13.4. The molecule has 43 heavy (non-hydrogen) atoms. The summed E-state index contributed by atoms with van der Waals surface area (Å²) in [6.07, 6.45) is 3.07. The van der Waals surface area contributed by atoms with Crippen LogP contribution in [-0.4, -0.2) is 51.8 Å². The molecule has 0 saturated carbocycles. The van der Waals surface area contributed by atoms with Gasteiger partial charge in [-0.25, -0.2) is 14.4 Å². The number of amides is 2. The molecule has 1 heterocycles. The summed E-state index contributed by atoms with van der Waals surface area (Å²) >= 11 is 2.72. The van der Waals surface area contributed by atoms with Gasteiger partial charge in [-0.05, 0) is 80.5 Å². The minimum atomic E-state index is -1.43. The Balaban J connectivity index is 1.50. The van der Waals surface area contributed by atoms with Crippen LogP contribution in [0.3, 0.4) is 0 Å². The Kier molecular flexibility index (Phi) is 10.3. The second-order valence-electron chi connectivity index (χ2n) is 10.1. The fourth-order valence-electron chi connectivity index (χ4n) is 4.83. The van der Waals surface area contributed by atoms with Gasteiger partial charge in [0.2, 0.25) is 5.91 Å². The van der Waals surface area contributed by atoms with Crippen molar-refractivity contribution in [3.63, 3.8) is 0 Å². The van der Waals surface area contributed by atoms with Crippen LogP contribution in [0.15, 0.2) is 47.4 Å². The van der Waals surface area contributed by atoms with E-state index in [0.29, 0.717) is 33.5 Å². The lowest BCUT2D eigenvalue weighted by molar-refractivity contribution is -0.115. The molecule has 3 aromatic rings. The quantitative estimate of drug-likeness (QED) is 0.144. The molecule has 0 spiro atoms. The summed E-state index contributed by atoms with van der Waals surface area (Å²) < 4.78 is 5.32. The maximum Gasteiger partial charge on any atom is 0.341 e. The molecule has 0 fully saturated rings. The van der Waals surface area contributed by atoms with Crippen molar-refractivity contribution in [1.29, 1.82) is 0 Å². The molecule has 2 aromatic carbocycles. The van der Waals surface area contributed by atoms with E-state index < -0.39 is 34.6 Å². The van der Waals surface area contributed by atoms with E-state index in [9.17, 15) is 29.1 Å². The maximum absolute atomic E-state index is 13.4. The lowest BCUT2D eigenvalue weighted by Crippen LogP contribution is -2.25. The molecule has 1 aromatic heterocycles. The van der Waals surface area contributed by atoms with Crippen molar-refractivity contribution in [2.24, 2.45) is 5.92 Å². The number of rotatable bonds is 11. The van der Waals surface area contributed by atoms with E-state index >= 15 is 0 Å². The fourth-order valence-corrected chi connectivity index (χ4v) is 7.25. The third-order valence-electron chi connectivity index (χ3n) is 7.00. The van der Waals surface area contributed by atoms with Crippen LogP contribution in [0.2, 0.25) is 0 Å². The van der Waals surface area contributed by atoms with Gasteiger partial charge in [-0.1, -0.05) is 19.9 Å². The number of aromatic carboxylic acids is 2. The Morgan fingerprint density at radius 3 is 2.47 bits per heavy atom. The van der Waals surface area contributed by atoms with Crippen LogP contribution in [0.1, 0.15) is 85.5 Å². The molecular formula is C31H32N2O8S2. The fraction of sp³-hybridized carbons (Fsp3) is 0.323. The Labute approximate surface area is 256 Å². The van der Waals surface area contributed by atoms with Crippen molar-refractivity contribution in [2.75, 3.05) is 17.2 Å². The molecule has 0 aliphatic heterocycles.